The molecule has 190 valence electrons. The molecule has 2 heterocycles. The summed E-state index contributed by atoms with van der Waals surface area (Å²) in [5.41, 5.74) is 0.294. The molecule has 1 aromatic carbocycles. The fourth-order valence-corrected chi connectivity index (χ4v) is 3.17. The van der Waals surface area contributed by atoms with Crippen LogP contribution in [0.4, 0.5) is 10.6 Å². The van der Waals surface area contributed by atoms with Gasteiger partial charge >= 0.3 is 12.1 Å². The number of alkyl carbamates (subject to hydrolysis) is 1. The average Bonchev–Trinajstić information content (AvgIpc) is 3.21. The normalized spacial score (nSPS) is 11.1. The predicted octanol–water partition coefficient (Wildman–Crippen LogP) is 1.52. The van der Waals surface area contributed by atoms with Gasteiger partial charge in [0.1, 0.15) is 25.0 Å². The summed E-state index contributed by atoms with van der Waals surface area (Å²) in [5, 5.41) is 14.4. The molecule has 0 unspecified atom stereocenters. The molecule has 3 rings (SSSR count). The molecule has 0 fully saturated rings. The fraction of sp³-hybridized carbons (Fsp3) is 0.348. The van der Waals surface area contributed by atoms with Gasteiger partial charge in [-0.2, -0.15) is 0 Å². The van der Waals surface area contributed by atoms with Crippen molar-refractivity contribution in [2.24, 2.45) is 0 Å². The SMILES string of the molecule is CC(C)(C)OC(=O)NCCN(CC(=O)O)C(=O)Cn1cnc2c(NC(=O)c3ccccc3)ncnc21. The number of fused-ring (bicyclic) bond motifs is 1. The molecule has 0 aliphatic rings. The zero-order valence-electron chi connectivity index (χ0n) is 20.1. The van der Waals surface area contributed by atoms with Gasteiger partial charge in [-0.3, -0.25) is 14.4 Å². The Balaban J connectivity index is 1.69. The van der Waals surface area contributed by atoms with Gasteiger partial charge in [0.15, 0.2) is 17.0 Å². The number of rotatable bonds is 9. The standard InChI is InChI=1S/C23H27N7O6/c1-23(2,3)36-22(35)24-9-10-29(12-17(32)33)16(31)11-30-14-27-18-19(25-13-26-20(18)30)28-21(34)15-7-5-4-6-8-15/h4-8,13-14H,9-12H2,1-3H3,(H,24,35)(H,32,33)(H,25,26,28,34). The van der Waals surface area contributed by atoms with E-state index in [0.29, 0.717) is 5.56 Å². The van der Waals surface area contributed by atoms with Crippen LogP contribution in [-0.2, 0) is 20.9 Å². The van der Waals surface area contributed by atoms with Gasteiger partial charge in [0, 0.05) is 18.7 Å². The minimum Gasteiger partial charge on any atom is -0.480 e. The first-order chi connectivity index (χ1) is 17.0. The Labute approximate surface area is 206 Å². The monoisotopic (exact) mass is 497 g/mol. The first-order valence-electron chi connectivity index (χ1n) is 11.0. The molecule has 36 heavy (non-hydrogen) atoms. The van der Waals surface area contributed by atoms with Crippen LogP contribution < -0.4 is 10.6 Å². The van der Waals surface area contributed by atoms with Crippen LogP contribution in [0.2, 0.25) is 0 Å². The van der Waals surface area contributed by atoms with Crippen molar-refractivity contribution in [2.45, 2.75) is 32.9 Å². The molecule has 3 aromatic rings. The van der Waals surface area contributed by atoms with Crippen molar-refractivity contribution in [3.63, 3.8) is 0 Å². The predicted molar refractivity (Wildman–Crippen MR) is 128 cm³/mol. The van der Waals surface area contributed by atoms with E-state index < -0.39 is 30.1 Å². The minimum absolute atomic E-state index is 0.00353. The second-order valence-electron chi connectivity index (χ2n) is 8.72. The van der Waals surface area contributed by atoms with Crippen molar-refractivity contribution in [2.75, 3.05) is 25.0 Å². The maximum atomic E-state index is 12.9. The van der Waals surface area contributed by atoms with Crippen molar-refractivity contribution < 1.29 is 29.0 Å². The summed E-state index contributed by atoms with van der Waals surface area (Å²) in [6.07, 6.45) is 1.91. The van der Waals surface area contributed by atoms with E-state index in [2.05, 4.69) is 25.6 Å². The Kier molecular flexibility index (Phi) is 8.14. The van der Waals surface area contributed by atoms with Gasteiger partial charge in [-0.25, -0.2) is 19.7 Å². The largest absolute Gasteiger partial charge is 0.480 e. The van der Waals surface area contributed by atoms with Crippen LogP contribution in [0.15, 0.2) is 43.0 Å². The van der Waals surface area contributed by atoms with Gasteiger partial charge < -0.3 is 29.9 Å². The zero-order chi connectivity index (χ0) is 26.3. The smallest absolute Gasteiger partial charge is 0.407 e. The zero-order valence-corrected chi connectivity index (χ0v) is 20.1. The van der Waals surface area contributed by atoms with E-state index >= 15 is 0 Å². The van der Waals surface area contributed by atoms with Crippen molar-refractivity contribution in [3.8, 4) is 0 Å². The second-order valence-corrected chi connectivity index (χ2v) is 8.72. The highest BCUT2D eigenvalue weighted by Crippen LogP contribution is 2.18. The molecule has 0 spiro atoms. The van der Waals surface area contributed by atoms with Crippen molar-refractivity contribution in [3.05, 3.63) is 48.5 Å². The molecule has 3 N–H and O–H groups in total. The molecule has 0 saturated carbocycles. The van der Waals surface area contributed by atoms with Crippen LogP contribution in [-0.4, -0.2) is 78.6 Å². The Hall–Kier alpha value is -4.55. The third-order valence-electron chi connectivity index (χ3n) is 4.70. The maximum Gasteiger partial charge on any atom is 0.407 e. The van der Waals surface area contributed by atoms with E-state index in [-0.39, 0.29) is 42.5 Å². The van der Waals surface area contributed by atoms with Crippen molar-refractivity contribution in [1.29, 1.82) is 0 Å². The maximum absolute atomic E-state index is 12.9. The van der Waals surface area contributed by atoms with Gasteiger partial charge in [0.2, 0.25) is 5.91 Å². The number of amides is 3. The fourth-order valence-electron chi connectivity index (χ4n) is 3.17. The molecule has 0 atom stereocenters. The van der Waals surface area contributed by atoms with E-state index in [1.54, 1.807) is 51.1 Å². The van der Waals surface area contributed by atoms with Crippen molar-refractivity contribution in [1.82, 2.24) is 29.7 Å². The summed E-state index contributed by atoms with van der Waals surface area (Å²) in [6.45, 7) is 4.26. The number of aliphatic carboxylic acids is 1. The van der Waals surface area contributed by atoms with Crippen molar-refractivity contribution >= 4 is 40.9 Å². The highest BCUT2D eigenvalue weighted by molar-refractivity contribution is 6.06. The van der Waals surface area contributed by atoms with Crippen LogP contribution in [0.1, 0.15) is 31.1 Å². The molecule has 0 bridgehead atoms. The number of carbonyl (C=O) groups is 4. The molecule has 3 amide bonds. The summed E-state index contributed by atoms with van der Waals surface area (Å²) < 4.78 is 6.56. The number of hydrogen-bond donors (Lipinski definition) is 3. The summed E-state index contributed by atoms with van der Waals surface area (Å²) in [7, 11) is 0. The first kappa shape index (κ1) is 26.1. The number of carbonyl (C=O) groups excluding carboxylic acids is 3. The third kappa shape index (κ3) is 7.22. The Morgan fingerprint density at radius 3 is 2.47 bits per heavy atom. The lowest BCUT2D eigenvalue weighted by atomic mass is 10.2. The quantitative estimate of drug-likeness (QED) is 0.397. The van der Waals surface area contributed by atoms with Crippen LogP contribution in [0.3, 0.4) is 0 Å². The molecule has 0 aliphatic heterocycles. The minimum atomic E-state index is -1.20. The van der Waals surface area contributed by atoms with E-state index in [0.717, 1.165) is 4.90 Å². The lowest BCUT2D eigenvalue weighted by molar-refractivity contribution is -0.144. The number of carboxylic acids is 1. The van der Waals surface area contributed by atoms with Gasteiger partial charge in [-0.15, -0.1) is 0 Å². The third-order valence-corrected chi connectivity index (χ3v) is 4.70. The number of imidazole rings is 1. The number of benzene rings is 1. The van der Waals surface area contributed by atoms with Gasteiger partial charge in [0.05, 0.1) is 6.33 Å². The molecule has 13 nitrogen and oxygen atoms in total. The first-order valence-corrected chi connectivity index (χ1v) is 11.0. The van der Waals surface area contributed by atoms with E-state index in [9.17, 15) is 24.3 Å². The topological polar surface area (TPSA) is 169 Å². The van der Waals surface area contributed by atoms with E-state index in [1.807, 2.05) is 0 Å². The van der Waals surface area contributed by atoms with Gasteiger partial charge in [-0.1, -0.05) is 18.2 Å². The Morgan fingerprint density at radius 2 is 1.81 bits per heavy atom. The highest BCUT2D eigenvalue weighted by atomic mass is 16.6. The van der Waals surface area contributed by atoms with Crippen LogP contribution in [0.25, 0.3) is 11.2 Å². The van der Waals surface area contributed by atoms with E-state index in [1.165, 1.54) is 17.2 Å². The van der Waals surface area contributed by atoms with E-state index in [4.69, 9.17) is 4.74 Å². The number of nitrogens with one attached hydrogen (secondary N) is 2. The molecule has 13 heteroatoms. The number of nitrogens with zero attached hydrogens (tertiary/aromatic N) is 5. The molecular weight excluding hydrogens is 470 g/mol. The molecule has 0 aliphatic carbocycles. The number of ether oxygens (including phenoxy) is 1. The molecule has 0 radical (unpaired) electrons. The Morgan fingerprint density at radius 1 is 1.08 bits per heavy atom. The lowest BCUT2D eigenvalue weighted by Crippen LogP contribution is -2.43. The second kappa shape index (κ2) is 11.3. The van der Waals surface area contributed by atoms with Crippen LogP contribution >= 0.6 is 0 Å². The number of carboxylic acid groups (broad SMARTS) is 1. The van der Waals surface area contributed by atoms with Crippen LogP contribution in [0.5, 0.6) is 0 Å². The summed E-state index contributed by atoms with van der Waals surface area (Å²) in [6, 6.07) is 8.56. The van der Waals surface area contributed by atoms with Gasteiger partial charge in [-0.05, 0) is 32.9 Å². The number of aromatic nitrogens is 4. The summed E-state index contributed by atoms with van der Waals surface area (Å²) in [4.78, 5) is 62.1. The summed E-state index contributed by atoms with van der Waals surface area (Å²) >= 11 is 0. The highest BCUT2D eigenvalue weighted by Gasteiger charge is 2.21. The number of hydrogen-bond acceptors (Lipinski definition) is 8. The Bertz CT molecular complexity index is 1250. The molecule has 0 saturated heterocycles. The van der Waals surface area contributed by atoms with Gasteiger partial charge in [0.25, 0.3) is 5.91 Å². The lowest BCUT2D eigenvalue weighted by Gasteiger charge is -2.23. The molecular formula is C23H27N7O6. The molecule has 2 aromatic heterocycles. The van der Waals surface area contributed by atoms with Crippen LogP contribution in [0, 0.1) is 0 Å². The average molecular weight is 498 g/mol. The number of anilines is 1. The summed E-state index contributed by atoms with van der Waals surface area (Å²) in [5.74, 6) is -1.95.